The highest BCUT2D eigenvalue weighted by atomic mass is 19.1. The molecule has 0 unspecified atom stereocenters. The number of carbonyl (C=O) groups excluding carboxylic acids is 3. The second kappa shape index (κ2) is 13.5. The Hall–Kier alpha value is -4.47. The Morgan fingerprint density at radius 3 is 2.71 bits per heavy atom. The van der Waals surface area contributed by atoms with Crippen molar-refractivity contribution in [3.8, 4) is 11.5 Å². The fourth-order valence-corrected chi connectivity index (χ4v) is 5.66. The number of fused-ring (bicyclic) bond motifs is 4. The van der Waals surface area contributed by atoms with Gasteiger partial charge in [0.2, 0.25) is 11.8 Å². The van der Waals surface area contributed by atoms with Crippen LogP contribution < -0.4 is 14.8 Å². The SMILES string of the molecule is COc1c(F)cccc1C(=O)N1CCCOc2cccc(c2)[C@H]2CN(C(=O)CCc3cccnc3)C[C@@H]2C(=O)NCC1. The van der Waals surface area contributed by atoms with Crippen molar-refractivity contribution in [1.82, 2.24) is 20.1 Å². The molecular weight excluding hydrogens is 539 g/mol. The van der Waals surface area contributed by atoms with Crippen LogP contribution in [0.4, 0.5) is 4.39 Å². The Labute approximate surface area is 244 Å². The number of amides is 3. The number of rotatable bonds is 5. The molecule has 1 saturated heterocycles. The Morgan fingerprint density at radius 2 is 1.90 bits per heavy atom. The highest BCUT2D eigenvalue weighted by Gasteiger charge is 2.40. The summed E-state index contributed by atoms with van der Waals surface area (Å²) in [5, 5.41) is 2.99. The number of benzene rings is 2. The molecule has 1 N–H and O–H groups in total. The maximum absolute atomic E-state index is 14.3. The molecule has 2 aromatic carbocycles. The lowest BCUT2D eigenvalue weighted by atomic mass is 9.88. The van der Waals surface area contributed by atoms with Crippen molar-refractivity contribution in [2.75, 3.05) is 46.4 Å². The summed E-state index contributed by atoms with van der Waals surface area (Å²) in [4.78, 5) is 47.6. The number of aromatic nitrogens is 1. The number of halogens is 1. The second-order valence-corrected chi connectivity index (χ2v) is 10.6. The third kappa shape index (κ3) is 6.70. The van der Waals surface area contributed by atoms with E-state index in [-0.39, 0.29) is 48.0 Å². The number of hydrogen-bond acceptors (Lipinski definition) is 6. The lowest BCUT2D eigenvalue weighted by Crippen LogP contribution is -2.42. The number of carbonyl (C=O) groups is 3. The minimum absolute atomic E-state index is 0.00899. The predicted molar refractivity (Wildman–Crippen MR) is 154 cm³/mol. The Balaban J connectivity index is 1.33. The molecule has 2 bridgehead atoms. The van der Waals surface area contributed by atoms with E-state index < -0.39 is 11.7 Å². The number of para-hydroxylation sites is 1. The number of methoxy groups -OCH3 is 1. The van der Waals surface area contributed by atoms with Gasteiger partial charge in [-0.1, -0.05) is 24.3 Å². The highest BCUT2D eigenvalue weighted by Crippen LogP contribution is 2.35. The Kier molecular flexibility index (Phi) is 9.31. The second-order valence-electron chi connectivity index (χ2n) is 10.6. The van der Waals surface area contributed by atoms with E-state index in [1.54, 1.807) is 22.2 Å². The van der Waals surface area contributed by atoms with E-state index in [1.165, 1.54) is 25.3 Å². The van der Waals surface area contributed by atoms with Crippen LogP contribution in [0.5, 0.6) is 11.5 Å². The molecule has 2 aliphatic rings. The molecule has 3 amide bonds. The van der Waals surface area contributed by atoms with Crippen LogP contribution in [0.25, 0.3) is 0 Å². The molecule has 0 spiro atoms. The summed E-state index contributed by atoms with van der Waals surface area (Å²) in [6.45, 7) is 1.88. The van der Waals surface area contributed by atoms with Crippen LogP contribution >= 0.6 is 0 Å². The summed E-state index contributed by atoms with van der Waals surface area (Å²) in [5.41, 5.74) is 2.05. The fourth-order valence-electron chi connectivity index (χ4n) is 5.66. The average molecular weight is 575 g/mol. The fraction of sp³-hybridized carbons (Fsp3) is 0.375. The van der Waals surface area contributed by atoms with Crippen molar-refractivity contribution in [3.05, 3.63) is 89.5 Å². The molecule has 5 rings (SSSR count). The van der Waals surface area contributed by atoms with Crippen molar-refractivity contribution < 1.29 is 28.2 Å². The number of likely N-dealkylation sites (tertiary alicyclic amines) is 1. The summed E-state index contributed by atoms with van der Waals surface area (Å²) < 4.78 is 25.5. The van der Waals surface area contributed by atoms with Gasteiger partial charge in [-0.2, -0.15) is 0 Å². The van der Waals surface area contributed by atoms with E-state index in [0.717, 1.165) is 11.1 Å². The molecule has 0 saturated carbocycles. The van der Waals surface area contributed by atoms with Gasteiger partial charge in [-0.05, 0) is 54.3 Å². The van der Waals surface area contributed by atoms with Crippen molar-refractivity contribution in [3.63, 3.8) is 0 Å². The zero-order chi connectivity index (χ0) is 29.5. The number of ether oxygens (including phenoxy) is 2. The quantitative estimate of drug-likeness (QED) is 0.501. The third-order valence-corrected chi connectivity index (χ3v) is 7.86. The van der Waals surface area contributed by atoms with Crippen LogP contribution in [0.3, 0.4) is 0 Å². The zero-order valence-electron chi connectivity index (χ0n) is 23.6. The largest absolute Gasteiger partial charge is 0.494 e. The van der Waals surface area contributed by atoms with Crippen LogP contribution in [0.2, 0.25) is 0 Å². The standard InChI is InChI=1S/C32H35FN4O5/c1-41-30-25(9-3-10-28(30)33)32(40)36-15-5-17-42-24-8-2-7-23(18-24)26-20-37(21-27(26)31(39)35-14-16-36)29(38)12-11-22-6-4-13-34-19-22/h2-4,6-10,13,18-19,26-27H,5,11-12,14-17,20-21H2,1H3,(H,35,39)/t26-,27+/m1/s1. The van der Waals surface area contributed by atoms with Crippen LogP contribution in [0, 0.1) is 11.7 Å². The van der Waals surface area contributed by atoms with Crippen molar-refractivity contribution in [1.29, 1.82) is 0 Å². The minimum atomic E-state index is -0.617. The van der Waals surface area contributed by atoms with Gasteiger partial charge < -0.3 is 24.6 Å². The first kappa shape index (κ1) is 29.0. The monoisotopic (exact) mass is 574 g/mol. The number of nitrogens with one attached hydrogen (secondary N) is 1. The molecule has 2 aliphatic heterocycles. The molecule has 9 nitrogen and oxygen atoms in total. The summed E-state index contributed by atoms with van der Waals surface area (Å²) in [6, 6.07) is 15.7. The van der Waals surface area contributed by atoms with Gasteiger partial charge in [0, 0.05) is 57.5 Å². The lowest BCUT2D eigenvalue weighted by Gasteiger charge is -2.25. The molecule has 0 aliphatic carbocycles. The number of pyridine rings is 1. The Morgan fingerprint density at radius 1 is 1.07 bits per heavy atom. The predicted octanol–water partition coefficient (Wildman–Crippen LogP) is 3.45. The zero-order valence-corrected chi connectivity index (χ0v) is 23.6. The summed E-state index contributed by atoms with van der Waals surface area (Å²) in [7, 11) is 1.32. The smallest absolute Gasteiger partial charge is 0.257 e. The van der Waals surface area contributed by atoms with E-state index in [2.05, 4.69) is 10.3 Å². The van der Waals surface area contributed by atoms with Gasteiger partial charge in [-0.3, -0.25) is 19.4 Å². The van der Waals surface area contributed by atoms with E-state index in [4.69, 9.17) is 9.47 Å². The van der Waals surface area contributed by atoms with Gasteiger partial charge >= 0.3 is 0 Å². The van der Waals surface area contributed by atoms with Gasteiger partial charge in [0.1, 0.15) is 5.75 Å². The maximum Gasteiger partial charge on any atom is 0.257 e. The highest BCUT2D eigenvalue weighted by molar-refractivity contribution is 5.97. The first-order chi connectivity index (χ1) is 20.4. The maximum atomic E-state index is 14.3. The average Bonchev–Trinajstić information content (AvgIpc) is 3.47. The number of nitrogens with zero attached hydrogens (tertiary/aromatic N) is 3. The van der Waals surface area contributed by atoms with E-state index in [0.29, 0.717) is 51.3 Å². The van der Waals surface area contributed by atoms with Crippen molar-refractivity contribution in [2.24, 2.45) is 5.92 Å². The van der Waals surface area contributed by atoms with Gasteiger partial charge in [0.05, 0.1) is 25.2 Å². The van der Waals surface area contributed by atoms with Crippen molar-refractivity contribution >= 4 is 17.7 Å². The summed E-state index contributed by atoms with van der Waals surface area (Å²) in [5.74, 6) is -1.30. The van der Waals surface area contributed by atoms with Gasteiger partial charge in [-0.25, -0.2) is 4.39 Å². The van der Waals surface area contributed by atoms with Crippen LogP contribution in [-0.2, 0) is 16.0 Å². The molecule has 1 fully saturated rings. The normalized spacial score (nSPS) is 19.2. The van der Waals surface area contributed by atoms with E-state index in [1.807, 2.05) is 36.4 Å². The Bertz CT molecular complexity index is 1420. The molecule has 220 valence electrons. The lowest BCUT2D eigenvalue weighted by molar-refractivity contribution is -0.130. The minimum Gasteiger partial charge on any atom is -0.494 e. The molecule has 3 aromatic rings. The summed E-state index contributed by atoms with van der Waals surface area (Å²) >= 11 is 0. The number of aryl methyl sites for hydroxylation is 1. The molecule has 0 radical (unpaired) electrons. The number of hydrogen-bond donors (Lipinski definition) is 1. The summed E-state index contributed by atoms with van der Waals surface area (Å²) in [6.07, 6.45) is 4.90. The molecular formula is C32H35FN4O5. The van der Waals surface area contributed by atoms with E-state index >= 15 is 0 Å². The van der Waals surface area contributed by atoms with Crippen LogP contribution in [0.15, 0.2) is 67.0 Å². The van der Waals surface area contributed by atoms with E-state index in [9.17, 15) is 18.8 Å². The molecule has 42 heavy (non-hydrogen) atoms. The first-order valence-electron chi connectivity index (χ1n) is 14.2. The van der Waals surface area contributed by atoms with Crippen LogP contribution in [-0.4, -0.2) is 78.9 Å². The molecule has 2 atom stereocenters. The van der Waals surface area contributed by atoms with Gasteiger partial charge in [0.25, 0.3) is 5.91 Å². The third-order valence-electron chi connectivity index (χ3n) is 7.86. The van der Waals surface area contributed by atoms with Gasteiger partial charge in [-0.15, -0.1) is 0 Å². The topological polar surface area (TPSA) is 101 Å². The molecule has 10 heteroatoms. The van der Waals surface area contributed by atoms with Crippen molar-refractivity contribution in [2.45, 2.75) is 25.2 Å². The first-order valence-corrected chi connectivity index (χ1v) is 14.2. The van der Waals surface area contributed by atoms with Gasteiger partial charge in [0.15, 0.2) is 11.6 Å². The molecule has 3 heterocycles. The molecule has 1 aromatic heterocycles. The van der Waals surface area contributed by atoms with Crippen LogP contribution in [0.1, 0.15) is 40.2 Å².